The molecule has 232 valence electrons. The van der Waals surface area contributed by atoms with Crippen molar-refractivity contribution >= 4 is 76.2 Å². The monoisotopic (exact) mass is 637 g/mol. The van der Waals surface area contributed by atoms with Crippen LogP contribution in [0.15, 0.2) is 168 Å². The van der Waals surface area contributed by atoms with E-state index in [0.29, 0.717) is 11.7 Å². The second kappa shape index (κ2) is 10.4. The highest BCUT2D eigenvalue weighted by Crippen LogP contribution is 2.42. The minimum Gasteiger partial charge on any atom is -0.437 e. The van der Waals surface area contributed by atoms with Crippen LogP contribution >= 0.6 is 0 Å². The van der Waals surface area contributed by atoms with Gasteiger partial charge in [-0.1, -0.05) is 133 Å². The first-order chi connectivity index (χ1) is 24.8. The van der Waals surface area contributed by atoms with Gasteiger partial charge >= 0.3 is 0 Å². The fourth-order valence-corrected chi connectivity index (χ4v) is 7.88. The van der Waals surface area contributed by atoms with Crippen molar-refractivity contribution in [2.45, 2.75) is 0 Å². The van der Waals surface area contributed by atoms with Crippen LogP contribution in [0.25, 0.3) is 105 Å². The fourth-order valence-electron chi connectivity index (χ4n) is 7.88. The van der Waals surface area contributed by atoms with Crippen LogP contribution in [-0.4, -0.2) is 14.5 Å². The molecule has 0 atom stereocenters. The lowest BCUT2D eigenvalue weighted by Gasteiger charge is -2.10. The third-order valence-electron chi connectivity index (χ3n) is 10.2. The number of nitrogens with zero attached hydrogens (tertiary/aromatic N) is 3. The Morgan fingerprint density at radius 3 is 1.70 bits per heavy atom. The molecule has 3 aromatic heterocycles. The molecule has 0 amide bonds. The summed E-state index contributed by atoms with van der Waals surface area (Å²) in [7, 11) is 0. The van der Waals surface area contributed by atoms with Crippen molar-refractivity contribution in [3.63, 3.8) is 0 Å². The highest BCUT2D eigenvalue weighted by Gasteiger charge is 2.23. The summed E-state index contributed by atoms with van der Waals surface area (Å²) in [5.74, 6) is 0.579. The maximum Gasteiger partial charge on any atom is 0.238 e. The molecule has 4 heteroatoms. The minimum atomic E-state index is 0.566. The van der Waals surface area contributed by atoms with E-state index < -0.39 is 0 Å². The molecule has 0 aliphatic rings. The molecule has 50 heavy (non-hydrogen) atoms. The molecule has 0 spiro atoms. The SMILES string of the molecule is c1ccc(-c2nc(-n3c4ccc5ccccc5c4c4c5ccccc5ccc43)nc3oc4ccc(-c5ccc6ccccc6c5)cc4c23)cc1. The lowest BCUT2D eigenvalue weighted by molar-refractivity contribution is 0.651. The molecule has 0 bridgehead atoms. The Morgan fingerprint density at radius 1 is 0.400 bits per heavy atom. The van der Waals surface area contributed by atoms with E-state index in [0.717, 1.165) is 49.8 Å². The van der Waals surface area contributed by atoms with Gasteiger partial charge < -0.3 is 4.42 Å². The topological polar surface area (TPSA) is 43.9 Å². The molecule has 0 saturated heterocycles. The molecule has 0 radical (unpaired) electrons. The van der Waals surface area contributed by atoms with E-state index in [2.05, 4.69) is 162 Å². The highest BCUT2D eigenvalue weighted by molar-refractivity contribution is 6.28. The molecule has 0 aliphatic carbocycles. The maximum atomic E-state index is 6.61. The van der Waals surface area contributed by atoms with Crippen molar-refractivity contribution in [3.8, 4) is 28.3 Å². The summed E-state index contributed by atoms with van der Waals surface area (Å²) in [5.41, 5.74) is 7.60. The Balaban J connectivity index is 1.23. The van der Waals surface area contributed by atoms with Crippen molar-refractivity contribution in [3.05, 3.63) is 164 Å². The third-order valence-corrected chi connectivity index (χ3v) is 10.2. The van der Waals surface area contributed by atoms with Gasteiger partial charge in [-0.05, 0) is 73.8 Å². The van der Waals surface area contributed by atoms with Gasteiger partial charge in [0.25, 0.3) is 0 Å². The summed E-state index contributed by atoms with van der Waals surface area (Å²) < 4.78 is 8.83. The van der Waals surface area contributed by atoms with Crippen LogP contribution in [0.3, 0.4) is 0 Å². The van der Waals surface area contributed by atoms with Crippen LogP contribution in [-0.2, 0) is 0 Å². The summed E-state index contributed by atoms with van der Waals surface area (Å²) >= 11 is 0. The van der Waals surface area contributed by atoms with E-state index in [4.69, 9.17) is 14.4 Å². The van der Waals surface area contributed by atoms with Crippen molar-refractivity contribution in [1.82, 2.24) is 14.5 Å². The molecule has 11 rings (SSSR count). The van der Waals surface area contributed by atoms with Gasteiger partial charge in [0.05, 0.1) is 22.1 Å². The predicted molar refractivity (Wildman–Crippen MR) is 207 cm³/mol. The smallest absolute Gasteiger partial charge is 0.238 e. The Kier molecular flexibility index (Phi) is 5.63. The number of benzene rings is 8. The van der Waals surface area contributed by atoms with E-state index in [1.165, 1.54) is 43.1 Å². The Bertz CT molecular complexity index is 3060. The zero-order chi connectivity index (χ0) is 32.8. The molecule has 0 aliphatic heterocycles. The maximum absolute atomic E-state index is 6.61. The fraction of sp³-hybridized carbons (Fsp3) is 0. The van der Waals surface area contributed by atoms with Crippen molar-refractivity contribution in [2.75, 3.05) is 0 Å². The van der Waals surface area contributed by atoms with Gasteiger partial charge in [-0.15, -0.1) is 0 Å². The normalized spacial score (nSPS) is 12.0. The van der Waals surface area contributed by atoms with E-state index in [9.17, 15) is 0 Å². The summed E-state index contributed by atoms with van der Waals surface area (Å²) in [4.78, 5) is 10.7. The van der Waals surface area contributed by atoms with E-state index >= 15 is 0 Å². The molecular weight excluding hydrogens is 611 g/mol. The van der Waals surface area contributed by atoms with E-state index in [-0.39, 0.29) is 0 Å². The zero-order valence-electron chi connectivity index (χ0n) is 26.8. The zero-order valence-corrected chi connectivity index (χ0v) is 26.8. The Morgan fingerprint density at radius 2 is 0.980 bits per heavy atom. The van der Waals surface area contributed by atoms with Crippen molar-refractivity contribution in [2.24, 2.45) is 0 Å². The highest BCUT2D eigenvalue weighted by atomic mass is 16.3. The standard InChI is InChI=1S/C46H27N3O/c1-2-13-31(14-3-1)44-43-37-27-34(33-19-18-28-10-4-5-15-32(28)26-33)22-25-40(37)50-45(43)48-46(47-44)49-38-23-20-29-11-6-8-16-35(29)41(38)42-36-17-9-7-12-30(36)21-24-39(42)49/h1-27H. The quantitative estimate of drug-likeness (QED) is 0.194. The van der Waals surface area contributed by atoms with Crippen LogP contribution in [0.4, 0.5) is 0 Å². The predicted octanol–water partition coefficient (Wildman–Crippen LogP) is 12.3. The molecule has 0 saturated carbocycles. The van der Waals surface area contributed by atoms with Gasteiger partial charge in [0.15, 0.2) is 0 Å². The first kappa shape index (κ1) is 27.2. The summed E-state index contributed by atoms with van der Waals surface area (Å²) in [6.07, 6.45) is 0. The van der Waals surface area contributed by atoms with Crippen molar-refractivity contribution in [1.29, 1.82) is 0 Å². The summed E-state index contributed by atoms with van der Waals surface area (Å²) in [6, 6.07) is 57.9. The van der Waals surface area contributed by atoms with Gasteiger partial charge in [-0.2, -0.15) is 4.98 Å². The first-order valence-electron chi connectivity index (χ1n) is 16.9. The number of aromatic nitrogens is 3. The lowest BCUT2D eigenvalue weighted by atomic mass is 9.99. The minimum absolute atomic E-state index is 0.566. The molecule has 0 unspecified atom stereocenters. The average Bonchev–Trinajstić information content (AvgIpc) is 3.73. The molecule has 3 heterocycles. The number of fused-ring (bicyclic) bond motifs is 11. The lowest BCUT2D eigenvalue weighted by Crippen LogP contribution is -2.02. The summed E-state index contributed by atoms with van der Waals surface area (Å²) in [6.45, 7) is 0. The van der Waals surface area contributed by atoms with E-state index in [1.54, 1.807) is 0 Å². The second-order valence-corrected chi connectivity index (χ2v) is 13.0. The molecule has 8 aromatic carbocycles. The molecule has 11 aromatic rings. The van der Waals surface area contributed by atoms with Crippen LogP contribution in [0.5, 0.6) is 0 Å². The Labute approximate surface area is 286 Å². The summed E-state index contributed by atoms with van der Waals surface area (Å²) in [5, 5.41) is 11.6. The average molecular weight is 638 g/mol. The molecule has 0 fully saturated rings. The van der Waals surface area contributed by atoms with Crippen LogP contribution < -0.4 is 0 Å². The van der Waals surface area contributed by atoms with Crippen LogP contribution in [0.2, 0.25) is 0 Å². The van der Waals surface area contributed by atoms with Gasteiger partial charge in [-0.25, -0.2) is 4.98 Å². The molecular formula is C46H27N3O. The molecule has 4 nitrogen and oxygen atoms in total. The number of hydrogen-bond acceptors (Lipinski definition) is 3. The van der Waals surface area contributed by atoms with Crippen LogP contribution in [0, 0.1) is 0 Å². The first-order valence-corrected chi connectivity index (χ1v) is 16.9. The number of rotatable bonds is 3. The van der Waals surface area contributed by atoms with Gasteiger partial charge in [-0.3, -0.25) is 4.57 Å². The van der Waals surface area contributed by atoms with E-state index in [1.807, 2.05) is 6.07 Å². The van der Waals surface area contributed by atoms with Gasteiger partial charge in [0.2, 0.25) is 11.7 Å². The Hall–Kier alpha value is -6.78. The third kappa shape index (κ3) is 3.93. The number of furan rings is 1. The largest absolute Gasteiger partial charge is 0.437 e. The van der Waals surface area contributed by atoms with Gasteiger partial charge in [0.1, 0.15) is 5.58 Å². The van der Waals surface area contributed by atoms with Crippen LogP contribution in [0.1, 0.15) is 0 Å². The van der Waals surface area contributed by atoms with Gasteiger partial charge in [0, 0.05) is 21.7 Å². The molecule has 0 N–H and O–H groups in total. The number of hydrogen-bond donors (Lipinski definition) is 0. The second-order valence-electron chi connectivity index (χ2n) is 13.0. The van der Waals surface area contributed by atoms with Crippen molar-refractivity contribution < 1.29 is 4.42 Å².